The fourth-order valence-corrected chi connectivity index (χ4v) is 3.17. The number of carbonyl (C=O) groups is 1. The third-order valence-electron chi connectivity index (χ3n) is 3.98. The molecule has 130 valence electrons. The van der Waals surface area contributed by atoms with Gasteiger partial charge in [-0.05, 0) is 35.4 Å². The lowest BCUT2D eigenvalue weighted by molar-refractivity contribution is -0.133. The van der Waals surface area contributed by atoms with Crippen molar-refractivity contribution in [3.05, 3.63) is 60.1 Å². The van der Waals surface area contributed by atoms with Gasteiger partial charge in [0.05, 0.1) is 12.8 Å². The van der Waals surface area contributed by atoms with Crippen LogP contribution in [-0.4, -0.2) is 10.8 Å². The standard InChI is InChI=1S/C21H29NO2/c1-17(14-21(2,3)4)13-20(23)22(16-19-11-8-12-24-19)15-18-9-6-5-7-10-18/h5-12,17H,13-16H2,1-4H3/t17-/m0/s1. The molecular formula is C21H29NO2. The van der Waals surface area contributed by atoms with E-state index in [0.717, 1.165) is 17.7 Å². The molecule has 0 fully saturated rings. The Morgan fingerprint density at radius 2 is 1.79 bits per heavy atom. The third kappa shape index (κ3) is 6.23. The van der Waals surface area contributed by atoms with Crippen molar-refractivity contribution in [2.75, 3.05) is 0 Å². The van der Waals surface area contributed by atoms with E-state index in [1.807, 2.05) is 35.2 Å². The van der Waals surface area contributed by atoms with Crippen molar-refractivity contribution in [2.24, 2.45) is 11.3 Å². The summed E-state index contributed by atoms with van der Waals surface area (Å²) < 4.78 is 5.44. The maximum Gasteiger partial charge on any atom is 0.223 e. The lowest BCUT2D eigenvalue weighted by atomic mass is 9.84. The maximum absolute atomic E-state index is 12.9. The summed E-state index contributed by atoms with van der Waals surface area (Å²) in [4.78, 5) is 14.8. The van der Waals surface area contributed by atoms with Crippen LogP contribution in [0.4, 0.5) is 0 Å². The zero-order chi connectivity index (χ0) is 17.6. The molecule has 1 aromatic heterocycles. The van der Waals surface area contributed by atoms with Crippen LogP contribution in [0.3, 0.4) is 0 Å². The normalized spacial score (nSPS) is 12.8. The van der Waals surface area contributed by atoms with Crippen molar-refractivity contribution in [3.63, 3.8) is 0 Å². The zero-order valence-electron chi connectivity index (χ0n) is 15.3. The highest BCUT2D eigenvalue weighted by Gasteiger charge is 2.22. The van der Waals surface area contributed by atoms with Crippen molar-refractivity contribution in [3.8, 4) is 0 Å². The first-order valence-corrected chi connectivity index (χ1v) is 8.67. The van der Waals surface area contributed by atoms with Crippen LogP contribution >= 0.6 is 0 Å². The van der Waals surface area contributed by atoms with Crippen LogP contribution in [0.5, 0.6) is 0 Å². The number of amides is 1. The Hall–Kier alpha value is -2.03. The second-order valence-corrected chi connectivity index (χ2v) is 7.89. The molecule has 0 unspecified atom stereocenters. The van der Waals surface area contributed by atoms with Crippen LogP contribution in [0.15, 0.2) is 53.1 Å². The molecule has 0 saturated heterocycles. The quantitative estimate of drug-likeness (QED) is 0.694. The number of hydrogen-bond donors (Lipinski definition) is 0. The minimum Gasteiger partial charge on any atom is -0.467 e. The highest BCUT2D eigenvalue weighted by atomic mass is 16.3. The minimum atomic E-state index is 0.187. The Bertz CT molecular complexity index is 611. The SMILES string of the molecule is C[C@@H](CC(=O)N(Cc1ccccc1)Cc1ccco1)CC(C)(C)C. The number of benzene rings is 1. The number of rotatable bonds is 7. The van der Waals surface area contributed by atoms with Crippen molar-refractivity contribution >= 4 is 5.91 Å². The lowest BCUT2D eigenvalue weighted by Crippen LogP contribution is -2.31. The molecule has 0 bridgehead atoms. The number of nitrogens with zero attached hydrogens (tertiary/aromatic N) is 1. The molecule has 0 saturated carbocycles. The van der Waals surface area contributed by atoms with Gasteiger partial charge in [0.25, 0.3) is 0 Å². The Labute approximate surface area is 145 Å². The zero-order valence-corrected chi connectivity index (χ0v) is 15.3. The second-order valence-electron chi connectivity index (χ2n) is 7.89. The Balaban J connectivity index is 2.05. The number of carbonyl (C=O) groups excluding carboxylic acids is 1. The van der Waals surface area contributed by atoms with Gasteiger partial charge in [0.1, 0.15) is 5.76 Å². The van der Waals surface area contributed by atoms with Gasteiger partial charge in [0.2, 0.25) is 5.91 Å². The molecular weight excluding hydrogens is 298 g/mol. The third-order valence-corrected chi connectivity index (χ3v) is 3.98. The maximum atomic E-state index is 12.9. The predicted molar refractivity (Wildman–Crippen MR) is 97.3 cm³/mol. The van der Waals surface area contributed by atoms with E-state index < -0.39 is 0 Å². The molecule has 0 radical (unpaired) electrons. The average molecular weight is 327 g/mol. The van der Waals surface area contributed by atoms with Gasteiger partial charge in [-0.25, -0.2) is 0 Å². The summed E-state index contributed by atoms with van der Waals surface area (Å²) >= 11 is 0. The summed E-state index contributed by atoms with van der Waals surface area (Å²) in [5.41, 5.74) is 1.38. The molecule has 0 N–H and O–H groups in total. The molecule has 1 amide bonds. The molecule has 1 heterocycles. The minimum absolute atomic E-state index is 0.187. The highest BCUT2D eigenvalue weighted by molar-refractivity contribution is 5.76. The van der Waals surface area contributed by atoms with Crippen molar-refractivity contribution < 1.29 is 9.21 Å². The van der Waals surface area contributed by atoms with Crippen molar-refractivity contribution in [2.45, 2.75) is 53.6 Å². The van der Waals surface area contributed by atoms with Gasteiger partial charge in [-0.2, -0.15) is 0 Å². The molecule has 0 aliphatic rings. The van der Waals surface area contributed by atoms with Gasteiger partial charge in [-0.1, -0.05) is 58.0 Å². The summed E-state index contributed by atoms with van der Waals surface area (Å²) in [5.74, 6) is 1.38. The molecule has 24 heavy (non-hydrogen) atoms. The van der Waals surface area contributed by atoms with Crippen molar-refractivity contribution in [1.29, 1.82) is 0 Å². The first-order chi connectivity index (χ1) is 11.3. The molecule has 3 heteroatoms. The van der Waals surface area contributed by atoms with E-state index in [4.69, 9.17) is 4.42 Å². The highest BCUT2D eigenvalue weighted by Crippen LogP contribution is 2.26. The molecule has 2 rings (SSSR count). The lowest BCUT2D eigenvalue weighted by Gasteiger charge is -2.26. The van der Waals surface area contributed by atoms with E-state index in [1.54, 1.807) is 6.26 Å². The number of furan rings is 1. The first kappa shape index (κ1) is 18.3. The monoisotopic (exact) mass is 327 g/mol. The van der Waals surface area contributed by atoms with Gasteiger partial charge >= 0.3 is 0 Å². The van der Waals surface area contributed by atoms with E-state index in [0.29, 0.717) is 25.4 Å². The molecule has 0 spiro atoms. The van der Waals surface area contributed by atoms with Gasteiger partial charge in [-0.3, -0.25) is 4.79 Å². The largest absolute Gasteiger partial charge is 0.467 e. The second kappa shape index (κ2) is 8.18. The fraction of sp³-hybridized carbons (Fsp3) is 0.476. The van der Waals surface area contributed by atoms with Crippen LogP contribution in [0.25, 0.3) is 0 Å². The van der Waals surface area contributed by atoms with Gasteiger partial charge in [-0.15, -0.1) is 0 Å². The topological polar surface area (TPSA) is 33.5 Å². The van der Waals surface area contributed by atoms with E-state index in [1.165, 1.54) is 0 Å². The van der Waals surface area contributed by atoms with Gasteiger partial charge < -0.3 is 9.32 Å². The van der Waals surface area contributed by atoms with Gasteiger partial charge in [0, 0.05) is 13.0 Å². The van der Waals surface area contributed by atoms with Gasteiger partial charge in [0.15, 0.2) is 0 Å². The molecule has 3 nitrogen and oxygen atoms in total. The Kier molecular flexibility index (Phi) is 6.24. The average Bonchev–Trinajstić information content (AvgIpc) is 2.98. The van der Waals surface area contributed by atoms with Crippen LogP contribution < -0.4 is 0 Å². The van der Waals surface area contributed by atoms with E-state index in [-0.39, 0.29) is 11.3 Å². The van der Waals surface area contributed by atoms with E-state index in [2.05, 4.69) is 39.8 Å². The van der Waals surface area contributed by atoms with E-state index >= 15 is 0 Å². The summed E-state index contributed by atoms with van der Waals surface area (Å²) in [7, 11) is 0. The van der Waals surface area contributed by atoms with Crippen LogP contribution in [0.1, 0.15) is 51.9 Å². The molecule has 1 aromatic carbocycles. The summed E-state index contributed by atoms with van der Waals surface area (Å²) in [5, 5.41) is 0. The summed E-state index contributed by atoms with van der Waals surface area (Å²) in [6.07, 6.45) is 3.27. The fourth-order valence-electron chi connectivity index (χ4n) is 3.17. The molecule has 0 aliphatic heterocycles. The molecule has 1 atom stereocenters. The van der Waals surface area contributed by atoms with E-state index in [9.17, 15) is 4.79 Å². The summed E-state index contributed by atoms with van der Waals surface area (Å²) in [6.45, 7) is 9.96. The molecule has 2 aromatic rings. The van der Waals surface area contributed by atoms with Crippen LogP contribution in [-0.2, 0) is 17.9 Å². The predicted octanol–water partition coefficient (Wildman–Crippen LogP) is 5.27. The van der Waals surface area contributed by atoms with Crippen LogP contribution in [0.2, 0.25) is 0 Å². The Morgan fingerprint density at radius 3 is 2.38 bits per heavy atom. The first-order valence-electron chi connectivity index (χ1n) is 8.67. The number of hydrogen-bond acceptors (Lipinski definition) is 2. The van der Waals surface area contributed by atoms with Crippen molar-refractivity contribution in [1.82, 2.24) is 4.90 Å². The summed E-state index contributed by atoms with van der Waals surface area (Å²) in [6, 6.07) is 13.9. The smallest absolute Gasteiger partial charge is 0.223 e. The van der Waals surface area contributed by atoms with Crippen LogP contribution in [0, 0.1) is 11.3 Å². The Morgan fingerprint density at radius 1 is 1.08 bits per heavy atom. The molecule has 0 aliphatic carbocycles.